The van der Waals surface area contributed by atoms with E-state index in [0.717, 1.165) is 106 Å². The molecule has 1 aliphatic carbocycles. The zero-order chi connectivity index (χ0) is 45.9. The van der Waals surface area contributed by atoms with Gasteiger partial charge >= 0.3 is 0 Å². The van der Waals surface area contributed by atoms with Gasteiger partial charge in [0, 0.05) is 60.3 Å². The van der Waals surface area contributed by atoms with Crippen LogP contribution in [0.1, 0.15) is 17.7 Å². The molecule has 5 heterocycles. The lowest BCUT2D eigenvalue weighted by Crippen LogP contribution is -2.11. The van der Waals surface area contributed by atoms with E-state index in [1.807, 2.05) is 0 Å². The standard InChI is InChI=1S/C63H41N7/c1-4-18-40(19-5-1)41-32-34-42(35-33-41)61-64-62(69-55-30-16-12-26-47(55)51-38-36-49-45-24-10-14-28-53(45)67(57(49)59(51)69)43-20-6-2-7-21-43)66-63(65-61)70-56-31-17-13-27-48(56)52-39-37-50-46-25-11-15-29-54(46)68(58(50)60(52)70)44-22-8-3-9-23-44/h1-10,12-24,26-39H,11,25H2. The van der Waals surface area contributed by atoms with Gasteiger partial charge in [-0.3, -0.25) is 9.13 Å². The molecule has 0 bridgehead atoms. The number of fused-ring (bicyclic) bond motifs is 14. The van der Waals surface area contributed by atoms with Gasteiger partial charge < -0.3 is 9.13 Å². The van der Waals surface area contributed by atoms with Crippen LogP contribution in [-0.4, -0.2) is 33.2 Å². The van der Waals surface area contributed by atoms with Crippen molar-refractivity contribution in [3.05, 3.63) is 230 Å². The molecule has 5 aromatic heterocycles. The molecule has 0 fully saturated rings. The van der Waals surface area contributed by atoms with Gasteiger partial charge in [0.15, 0.2) is 5.82 Å². The van der Waals surface area contributed by atoms with Crippen LogP contribution in [-0.2, 0) is 6.42 Å². The minimum Gasteiger partial charge on any atom is -0.308 e. The van der Waals surface area contributed by atoms with Crippen LogP contribution in [0.3, 0.4) is 0 Å². The monoisotopic (exact) mass is 895 g/mol. The fourth-order valence-corrected chi connectivity index (χ4v) is 11.5. The summed E-state index contributed by atoms with van der Waals surface area (Å²) in [6, 6.07) is 75.9. The Labute approximate surface area is 402 Å². The molecule has 70 heavy (non-hydrogen) atoms. The zero-order valence-corrected chi connectivity index (χ0v) is 37.9. The third kappa shape index (κ3) is 5.60. The Morgan fingerprint density at radius 3 is 1.29 bits per heavy atom. The Hall–Kier alpha value is -9.33. The summed E-state index contributed by atoms with van der Waals surface area (Å²) in [5, 5.41) is 8.10. The third-order valence-electron chi connectivity index (χ3n) is 14.5. The molecule has 0 radical (unpaired) electrons. The Balaban J connectivity index is 1.10. The lowest BCUT2D eigenvalue weighted by atomic mass is 10.00. The Morgan fingerprint density at radius 2 is 0.729 bits per heavy atom. The third-order valence-corrected chi connectivity index (χ3v) is 14.5. The average molecular weight is 896 g/mol. The van der Waals surface area contributed by atoms with Crippen molar-refractivity contribution in [1.82, 2.24) is 33.2 Å². The van der Waals surface area contributed by atoms with Crippen LogP contribution in [0.25, 0.3) is 128 Å². The fraction of sp³-hybridized carbons (Fsp3) is 0.0317. The summed E-state index contributed by atoms with van der Waals surface area (Å²) in [5.41, 5.74) is 15.4. The van der Waals surface area contributed by atoms with Gasteiger partial charge in [-0.05, 0) is 78.1 Å². The molecule has 14 aromatic rings. The summed E-state index contributed by atoms with van der Waals surface area (Å²) in [7, 11) is 0. The molecular weight excluding hydrogens is 855 g/mol. The normalized spacial score (nSPS) is 12.7. The van der Waals surface area contributed by atoms with Gasteiger partial charge in [-0.15, -0.1) is 0 Å². The molecule has 0 unspecified atom stereocenters. The van der Waals surface area contributed by atoms with Crippen LogP contribution in [0.5, 0.6) is 0 Å². The molecule has 9 aromatic carbocycles. The minimum absolute atomic E-state index is 0.537. The number of benzene rings is 9. The number of hydrogen-bond donors (Lipinski definition) is 0. The molecule has 15 rings (SSSR count). The van der Waals surface area contributed by atoms with E-state index in [1.165, 1.54) is 22.0 Å². The van der Waals surface area contributed by atoms with E-state index in [1.54, 1.807) is 0 Å². The Kier molecular flexibility index (Phi) is 8.35. The van der Waals surface area contributed by atoms with Gasteiger partial charge in [0.1, 0.15) is 0 Å². The molecule has 0 saturated heterocycles. The Morgan fingerprint density at radius 1 is 0.314 bits per heavy atom. The van der Waals surface area contributed by atoms with E-state index in [-0.39, 0.29) is 0 Å². The van der Waals surface area contributed by atoms with Crippen molar-refractivity contribution in [2.45, 2.75) is 12.8 Å². The van der Waals surface area contributed by atoms with E-state index in [0.29, 0.717) is 17.7 Å². The van der Waals surface area contributed by atoms with Crippen molar-refractivity contribution in [3.8, 4) is 45.8 Å². The molecule has 0 atom stereocenters. The van der Waals surface area contributed by atoms with Crippen molar-refractivity contribution in [1.29, 1.82) is 0 Å². The van der Waals surface area contributed by atoms with E-state index >= 15 is 0 Å². The average Bonchev–Trinajstić information content (AvgIpc) is 4.17. The van der Waals surface area contributed by atoms with Crippen molar-refractivity contribution < 1.29 is 0 Å². The van der Waals surface area contributed by atoms with E-state index in [4.69, 9.17) is 15.0 Å². The second-order valence-electron chi connectivity index (χ2n) is 18.3. The Bertz CT molecular complexity index is 4440. The summed E-state index contributed by atoms with van der Waals surface area (Å²) >= 11 is 0. The van der Waals surface area contributed by atoms with E-state index in [2.05, 4.69) is 243 Å². The van der Waals surface area contributed by atoms with Crippen LogP contribution >= 0.6 is 0 Å². The number of rotatable bonds is 6. The number of para-hydroxylation sites is 5. The van der Waals surface area contributed by atoms with Gasteiger partial charge in [0.05, 0.1) is 38.6 Å². The molecule has 7 heteroatoms. The molecule has 0 saturated carbocycles. The second-order valence-corrected chi connectivity index (χ2v) is 18.3. The first-order valence-corrected chi connectivity index (χ1v) is 24.0. The number of nitrogens with zero attached hydrogens (tertiary/aromatic N) is 7. The maximum Gasteiger partial charge on any atom is 0.240 e. The van der Waals surface area contributed by atoms with Crippen LogP contribution in [0, 0.1) is 0 Å². The van der Waals surface area contributed by atoms with Gasteiger partial charge in [0.25, 0.3) is 0 Å². The second kappa shape index (κ2) is 15.1. The summed E-state index contributed by atoms with van der Waals surface area (Å²) < 4.78 is 9.46. The summed E-state index contributed by atoms with van der Waals surface area (Å²) in [6.07, 6.45) is 6.58. The number of hydrogen-bond acceptors (Lipinski definition) is 3. The van der Waals surface area contributed by atoms with E-state index in [9.17, 15) is 0 Å². The van der Waals surface area contributed by atoms with Crippen LogP contribution in [0.2, 0.25) is 0 Å². The molecule has 0 N–H and O–H groups in total. The van der Waals surface area contributed by atoms with Gasteiger partial charge in [-0.25, -0.2) is 0 Å². The molecule has 328 valence electrons. The summed E-state index contributed by atoms with van der Waals surface area (Å²) in [4.78, 5) is 16.9. The maximum absolute atomic E-state index is 5.73. The molecule has 0 aliphatic heterocycles. The molecule has 0 spiro atoms. The fourth-order valence-electron chi connectivity index (χ4n) is 11.5. The van der Waals surface area contributed by atoms with Crippen LogP contribution in [0.4, 0.5) is 0 Å². The molecule has 0 amide bonds. The quantitative estimate of drug-likeness (QED) is 0.167. The van der Waals surface area contributed by atoms with Crippen molar-refractivity contribution in [2.24, 2.45) is 0 Å². The van der Waals surface area contributed by atoms with Crippen molar-refractivity contribution in [3.63, 3.8) is 0 Å². The van der Waals surface area contributed by atoms with Gasteiger partial charge in [-0.1, -0.05) is 176 Å². The lowest BCUT2D eigenvalue weighted by molar-refractivity contribution is 0.893. The highest BCUT2D eigenvalue weighted by Crippen LogP contribution is 2.44. The highest BCUT2D eigenvalue weighted by Gasteiger charge is 2.28. The zero-order valence-electron chi connectivity index (χ0n) is 37.9. The smallest absolute Gasteiger partial charge is 0.240 e. The SMILES string of the molecule is C1=Cc2c(c3ccc4c5ccccc5n(-c5nc(-c6ccc(-c7ccccc7)cc6)nc(-n6c7ccccc7c7ccc8c9ccccc9n(-c9ccccc9)c8c76)n5)c4c3n2-c2ccccc2)CC1. The lowest BCUT2D eigenvalue weighted by Gasteiger charge is -2.15. The first kappa shape index (κ1) is 38.7. The molecule has 1 aliphatic rings. The van der Waals surface area contributed by atoms with Crippen molar-refractivity contribution >= 4 is 82.4 Å². The maximum atomic E-state index is 5.73. The predicted octanol–water partition coefficient (Wildman–Crippen LogP) is 15.4. The minimum atomic E-state index is 0.537. The predicted molar refractivity (Wildman–Crippen MR) is 288 cm³/mol. The van der Waals surface area contributed by atoms with Crippen LogP contribution < -0.4 is 0 Å². The number of aromatic nitrogens is 7. The van der Waals surface area contributed by atoms with Gasteiger partial charge in [-0.2, -0.15) is 15.0 Å². The van der Waals surface area contributed by atoms with Crippen molar-refractivity contribution in [2.75, 3.05) is 0 Å². The largest absolute Gasteiger partial charge is 0.308 e. The summed E-state index contributed by atoms with van der Waals surface area (Å²) in [5.74, 6) is 1.66. The topological polar surface area (TPSA) is 58.4 Å². The molecular formula is C63H41N7. The number of aryl methyl sites for hydroxylation is 1. The first-order chi connectivity index (χ1) is 34.8. The molecule has 7 nitrogen and oxygen atoms in total. The highest BCUT2D eigenvalue weighted by molar-refractivity contribution is 6.24. The van der Waals surface area contributed by atoms with E-state index < -0.39 is 0 Å². The van der Waals surface area contributed by atoms with Crippen LogP contribution in [0.15, 0.2) is 218 Å². The first-order valence-electron chi connectivity index (χ1n) is 24.0. The highest BCUT2D eigenvalue weighted by atomic mass is 15.3. The number of allylic oxidation sites excluding steroid dienone is 1. The van der Waals surface area contributed by atoms with Gasteiger partial charge in [0.2, 0.25) is 11.9 Å². The summed E-state index contributed by atoms with van der Waals surface area (Å²) in [6.45, 7) is 0.